The van der Waals surface area contributed by atoms with Crippen molar-refractivity contribution in [2.24, 2.45) is 0 Å². The first-order valence-corrected chi connectivity index (χ1v) is 13.2. The molecule has 3 aromatic rings. The summed E-state index contributed by atoms with van der Waals surface area (Å²) < 4.78 is 39.8. The topological polar surface area (TPSA) is 72.3 Å². The van der Waals surface area contributed by atoms with Gasteiger partial charge in [-0.25, -0.2) is 4.98 Å². The van der Waals surface area contributed by atoms with E-state index in [1.165, 1.54) is 6.92 Å². The van der Waals surface area contributed by atoms with Gasteiger partial charge in [-0.1, -0.05) is 29.3 Å². The van der Waals surface area contributed by atoms with Gasteiger partial charge in [0.1, 0.15) is 12.6 Å². The normalized spacial score (nSPS) is 18.7. The summed E-state index contributed by atoms with van der Waals surface area (Å²) in [7, 11) is 0. The molecule has 1 N–H and O–H groups in total. The molecule has 1 aromatic carbocycles. The molecule has 1 saturated heterocycles. The Morgan fingerprint density at radius 3 is 2.59 bits per heavy atom. The molecule has 37 heavy (non-hydrogen) atoms. The highest BCUT2D eigenvalue weighted by Gasteiger charge is 2.35. The second kappa shape index (κ2) is 10.3. The molecule has 2 aliphatic heterocycles. The van der Waals surface area contributed by atoms with Crippen molar-refractivity contribution in [3.63, 3.8) is 0 Å². The number of nitrogens with zero attached hydrogens (tertiary/aromatic N) is 4. The Morgan fingerprint density at radius 2 is 1.95 bits per heavy atom. The van der Waals surface area contributed by atoms with Gasteiger partial charge >= 0.3 is 6.18 Å². The molecule has 0 aliphatic carbocycles. The number of amides is 1. The largest absolute Gasteiger partial charge is 0.435 e. The third-order valence-corrected chi connectivity index (χ3v) is 8.12. The van der Waals surface area contributed by atoms with Crippen LogP contribution < -0.4 is 5.48 Å². The van der Waals surface area contributed by atoms with Crippen molar-refractivity contribution in [3.8, 4) is 0 Å². The smallest absolute Gasteiger partial charge is 0.341 e. The monoisotopic (exact) mass is 571 g/mol. The van der Waals surface area contributed by atoms with E-state index in [0.717, 1.165) is 27.1 Å². The molecule has 5 rings (SSSR count). The van der Waals surface area contributed by atoms with Gasteiger partial charge in [-0.05, 0) is 44.0 Å². The Kier molecular flexibility index (Phi) is 7.23. The Hall–Kier alpha value is -2.60. The van der Waals surface area contributed by atoms with Crippen molar-refractivity contribution >= 4 is 46.1 Å². The summed E-state index contributed by atoms with van der Waals surface area (Å²) in [4.78, 5) is 24.9. The summed E-state index contributed by atoms with van der Waals surface area (Å²) in [6.07, 6.45) is -1.67. The van der Waals surface area contributed by atoms with Gasteiger partial charge in [0.25, 0.3) is 0 Å². The van der Waals surface area contributed by atoms with E-state index in [9.17, 15) is 18.0 Å². The van der Waals surface area contributed by atoms with E-state index in [4.69, 9.17) is 33.0 Å². The van der Waals surface area contributed by atoms with Gasteiger partial charge in [0.2, 0.25) is 5.91 Å². The van der Waals surface area contributed by atoms with E-state index in [2.05, 4.69) is 10.6 Å². The van der Waals surface area contributed by atoms with Gasteiger partial charge in [0.15, 0.2) is 5.69 Å². The maximum Gasteiger partial charge on any atom is 0.435 e. The maximum absolute atomic E-state index is 12.9. The fourth-order valence-electron chi connectivity index (χ4n) is 4.42. The zero-order chi connectivity index (χ0) is 26.3. The molecule has 0 unspecified atom stereocenters. The number of benzene rings is 1. The predicted molar refractivity (Wildman–Crippen MR) is 134 cm³/mol. The van der Waals surface area contributed by atoms with Crippen LogP contribution in [0.15, 0.2) is 35.7 Å². The maximum atomic E-state index is 12.9. The van der Waals surface area contributed by atoms with Crippen LogP contribution in [0.3, 0.4) is 0 Å². The van der Waals surface area contributed by atoms with E-state index in [0.29, 0.717) is 47.2 Å². The number of hydroxylamine groups is 1. The van der Waals surface area contributed by atoms with Crippen LogP contribution in [-0.2, 0) is 22.4 Å². The lowest BCUT2D eigenvalue weighted by Gasteiger charge is -2.31. The minimum absolute atomic E-state index is 0.183. The van der Waals surface area contributed by atoms with Crippen molar-refractivity contribution in [2.75, 3.05) is 13.1 Å². The lowest BCUT2D eigenvalue weighted by Crippen LogP contribution is -2.40. The zero-order valence-electron chi connectivity index (χ0n) is 19.6. The van der Waals surface area contributed by atoms with Crippen LogP contribution in [0.1, 0.15) is 52.5 Å². The Labute approximate surface area is 224 Å². The van der Waals surface area contributed by atoms with Crippen molar-refractivity contribution in [1.82, 2.24) is 25.1 Å². The molecule has 1 fully saturated rings. The number of hydrogen-bond donors (Lipinski definition) is 1. The molecular weight excluding hydrogens is 550 g/mol. The van der Waals surface area contributed by atoms with E-state index >= 15 is 0 Å². The fourth-order valence-corrected chi connectivity index (χ4v) is 6.02. The number of halogens is 5. The number of likely N-dealkylation sites (tertiary alicyclic amines) is 1. The summed E-state index contributed by atoms with van der Waals surface area (Å²) in [5.74, 6) is -0.0669. The Morgan fingerprint density at radius 1 is 1.24 bits per heavy atom. The number of alkyl halides is 3. The highest BCUT2D eigenvalue weighted by atomic mass is 35.5. The molecule has 1 atom stereocenters. The number of aryl methyl sites for hydroxylation is 1. The molecule has 0 radical (unpaired) electrons. The molecule has 0 saturated carbocycles. The number of rotatable bonds is 5. The molecule has 13 heteroatoms. The van der Waals surface area contributed by atoms with Gasteiger partial charge in [-0.15, -0.1) is 11.3 Å². The van der Waals surface area contributed by atoms with Crippen molar-refractivity contribution in [1.29, 1.82) is 0 Å². The first-order chi connectivity index (χ1) is 17.6. The average molecular weight is 572 g/mol. The van der Waals surface area contributed by atoms with Crippen LogP contribution in [0, 0.1) is 6.92 Å². The van der Waals surface area contributed by atoms with E-state index in [-0.39, 0.29) is 18.4 Å². The van der Waals surface area contributed by atoms with Crippen LogP contribution in [-0.4, -0.2) is 38.7 Å². The molecule has 1 amide bonds. The third-order valence-electron chi connectivity index (χ3n) is 6.45. The number of carbonyl (C=O) groups excluding carboxylic acids is 1. The van der Waals surface area contributed by atoms with Gasteiger partial charge in [0, 0.05) is 45.7 Å². The third kappa shape index (κ3) is 5.50. The standard InChI is InChI=1S/C24H22Cl2F3N5O2S/c1-13-9-20(24(27,28)29)31-34(13)11-21(35)33-7-5-14(6-8-33)23-30-18(12-37-23)17-10-19(36-32-17)22-15(25)3-2-4-16(22)26/h2-4,9-10,12,14,19,32H,5-8,11H2,1H3/t19-/m1/s1. The van der Waals surface area contributed by atoms with Crippen molar-refractivity contribution < 1.29 is 22.8 Å². The Bertz CT molecular complexity index is 1330. The number of nitrogens with one attached hydrogen (secondary N) is 1. The molecular formula is C24H22Cl2F3N5O2S. The lowest BCUT2D eigenvalue weighted by atomic mass is 9.97. The number of hydrogen-bond acceptors (Lipinski definition) is 6. The summed E-state index contributed by atoms with van der Waals surface area (Å²) in [6, 6.07) is 6.23. The minimum Gasteiger partial charge on any atom is -0.341 e. The fraction of sp³-hybridized carbons (Fsp3) is 0.375. The summed E-state index contributed by atoms with van der Waals surface area (Å²) in [5.41, 5.74) is 4.37. The highest BCUT2D eigenvalue weighted by Crippen LogP contribution is 2.38. The highest BCUT2D eigenvalue weighted by molar-refractivity contribution is 7.09. The quantitative estimate of drug-likeness (QED) is 0.407. The van der Waals surface area contributed by atoms with E-state index in [1.54, 1.807) is 34.4 Å². The summed E-state index contributed by atoms with van der Waals surface area (Å²) in [5, 5.41) is 7.49. The van der Waals surface area contributed by atoms with E-state index in [1.807, 2.05) is 11.5 Å². The van der Waals surface area contributed by atoms with E-state index < -0.39 is 18.0 Å². The average Bonchev–Trinajstić information content (AvgIpc) is 3.59. The molecule has 2 aliphatic rings. The predicted octanol–water partition coefficient (Wildman–Crippen LogP) is 6.00. The first-order valence-electron chi connectivity index (χ1n) is 11.5. The second-order valence-corrected chi connectivity index (χ2v) is 10.6. The van der Waals surface area contributed by atoms with Crippen molar-refractivity contribution in [2.45, 2.75) is 44.5 Å². The van der Waals surface area contributed by atoms with Crippen LogP contribution >= 0.6 is 34.5 Å². The van der Waals surface area contributed by atoms with Gasteiger partial charge in [0.05, 0.1) is 16.4 Å². The van der Waals surface area contributed by atoms with Crippen LogP contribution in [0.4, 0.5) is 13.2 Å². The van der Waals surface area contributed by atoms with Gasteiger partial charge < -0.3 is 4.90 Å². The SMILES string of the molecule is Cc1cc(C(F)(F)F)nn1CC(=O)N1CCC(c2nc(C3=C[C@H](c4c(Cl)cccc4Cl)ON3)cs2)CC1. The Balaban J connectivity index is 1.19. The second-order valence-electron chi connectivity index (χ2n) is 8.91. The number of carbonyl (C=O) groups is 1. The zero-order valence-corrected chi connectivity index (χ0v) is 21.9. The molecule has 196 valence electrons. The van der Waals surface area contributed by atoms with Crippen LogP contribution in [0.2, 0.25) is 10.0 Å². The number of thiazole rings is 1. The molecule has 7 nitrogen and oxygen atoms in total. The van der Waals surface area contributed by atoms with Crippen molar-refractivity contribution in [3.05, 3.63) is 73.4 Å². The van der Waals surface area contributed by atoms with Crippen LogP contribution in [0.25, 0.3) is 5.70 Å². The molecule has 4 heterocycles. The van der Waals surface area contributed by atoms with Gasteiger partial charge in [-0.3, -0.25) is 19.8 Å². The summed E-state index contributed by atoms with van der Waals surface area (Å²) >= 11 is 14.1. The molecule has 0 spiro atoms. The minimum atomic E-state index is -4.54. The summed E-state index contributed by atoms with van der Waals surface area (Å²) in [6.45, 7) is 2.29. The van der Waals surface area contributed by atoms with Crippen LogP contribution in [0.5, 0.6) is 0 Å². The van der Waals surface area contributed by atoms with Gasteiger partial charge in [-0.2, -0.15) is 18.3 Å². The lowest BCUT2D eigenvalue weighted by molar-refractivity contribution is -0.142. The number of aromatic nitrogens is 3. The number of piperidine rings is 1. The first kappa shape index (κ1) is 26.0. The molecule has 2 aromatic heterocycles. The molecule has 0 bridgehead atoms.